The second kappa shape index (κ2) is 4.56. The predicted molar refractivity (Wildman–Crippen MR) is 73.1 cm³/mol. The van der Waals surface area contributed by atoms with Gasteiger partial charge in [0.1, 0.15) is 11.4 Å². The van der Waals surface area contributed by atoms with E-state index in [2.05, 4.69) is 45.1 Å². The van der Waals surface area contributed by atoms with Gasteiger partial charge in [-0.3, -0.25) is 0 Å². The van der Waals surface area contributed by atoms with Crippen LogP contribution < -0.4 is 10.1 Å². The Hall–Kier alpha value is -1.06. The lowest BCUT2D eigenvalue weighted by atomic mass is 9.90. The molecule has 1 saturated heterocycles. The highest BCUT2D eigenvalue weighted by Gasteiger charge is 2.36. The maximum Gasteiger partial charge on any atom is 0.121 e. The van der Waals surface area contributed by atoms with Gasteiger partial charge in [0.15, 0.2) is 0 Å². The Morgan fingerprint density at radius 3 is 2.50 bits per heavy atom. The molecule has 1 heterocycles. The smallest absolute Gasteiger partial charge is 0.121 e. The first kappa shape index (κ1) is 13.4. The second-order valence-electron chi connectivity index (χ2n) is 5.94. The minimum Gasteiger partial charge on any atom is -0.496 e. The average Bonchev–Trinajstić information content (AvgIpc) is 2.33. The Bertz CT molecular complexity index is 430. The third-order valence-electron chi connectivity index (χ3n) is 3.66. The van der Waals surface area contributed by atoms with E-state index in [9.17, 15) is 0 Å². The van der Waals surface area contributed by atoms with Crippen LogP contribution in [0.25, 0.3) is 0 Å². The van der Waals surface area contributed by atoms with Crippen LogP contribution in [0, 0.1) is 6.92 Å². The summed E-state index contributed by atoms with van der Waals surface area (Å²) in [5, 5.41) is 3.54. The fourth-order valence-corrected chi connectivity index (χ4v) is 2.24. The van der Waals surface area contributed by atoms with Gasteiger partial charge in [-0.1, -0.05) is 6.07 Å². The Balaban J connectivity index is 2.23. The molecule has 0 radical (unpaired) electrons. The molecule has 1 aliphatic rings. The zero-order valence-electron chi connectivity index (χ0n) is 12.0. The maximum atomic E-state index is 6.09. The topological polar surface area (TPSA) is 30.5 Å². The van der Waals surface area contributed by atoms with E-state index in [1.807, 2.05) is 6.07 Å². The van der Waals surface area contributed by atoms with E-state index in [-0.39, 0.29) is 11.1 Å². The lowest BCUT2D eigenvalue weighted by molar-refractivity contribution is -0.0950. The Morgan fingerprint density at radius 2 is 2.00 bits per heavy atom. The Labute approximate surface area is 109 Å². The summed E-state index contributed by atoms with van der Waals surface area (Å²) in [6.45, 7) is 10.1. The summed E-state index contributed by atoms with van der Waals surface area (Å²) in [6, 6.07) is 6.25. The molecule has 1 unspecified atom stereocenters. The van der Waals surface area contributed by atoms with Crippen molar-refractivity contribution in [3.05, 3.63) is 29.3 Å². The zero-order valence-corrected chi connectivity index (χ0v) is 12.0. The van der Waals surface area contributed by atoms with Crippen molar-refractivity contribution in [2.24, 2.45) is 0 Å². The van der Waals surface area contributed by atoms with Gasteiger partial charge in [0, 0.05) is 12.1 Å². The van der Waals surface area contributed by atoms with Crippen LogP contribution in [-0.4, -0.2) is 25.8 Å². The molecule has 1 aromatic carbocycles. The van der Waals surface area contributed by atoms with Gasteiger partial charge >= 0.3 is 0 Å². The highest BCUT2D eigenvalue weighted by atomic mass is 16.5. The predicted octanol–water partition coefficient (Wildman–Crippen LogP) is 2.62. The SMILES string of the molecule is COc1ccc(C2(C)CNC(C)(C)CO2)cc1C. The molecule has 0 spiro atoms. The second-order valence-corrected chi connectivity index (χ2v) is 5.94. The third-order valence-corrected chi connectivity index (χ3v) is 3.66. The summed E-state index contributed by atoms with van der Waals surface area (Å²) in [5.74, 6) is 0.923. The van der Waals surface area contributed by atoms with Gasteiger partial charge in [-0.15, -0.1) is 0 Å². The van der Waals surface area contributed by atoms with Crippen LogP contribution >= 0.6 is 0 Å². The van der Waals surface area contributed by atoms with Crippen molar-refractivity contribution in [3.63, 3.8) is 0 Å². The molecule has 3 nitrogen and oxygen atoms in total. The number of aryl methyl sites for hydroxylation is 1. The Kier molecular flexibility index (Phi) is 3.39. The van der Waals surface area contributed by atoms with E-state index >= 15 is 0 Å². The highest BCUT2D eigenvalue weighted by Crippen LogP contribution is 2.32. The third kappa shape index (κ3) is 2.52. The van der Waals surface area contributed by atoms with Crippen molar-refractivity contribution >= 4 is 0 Å². The molecule has 0 saturated carbocycles. The molecule has 18 heavy (non-hydrogen) atoms. The van der Waals surface area contributed by atoms with Crippen molar-refractivity contribution in [1.29, 1.82) is 0 Å². The van der Waals surface area contributed by atoms with Crippen molar-refractivity contribution < 1.29 is 9.47 Å². The van der Waals surface area contributed by atoms with Crippen LogP contribution in [0.2, 0.25) is 0 Å². The maximum absolute atomic E-state index is 6.09. The molecule has 1 aromatic rings. The van der Waals surface area contributed by atoms with E-state index in [4.69, 9.17) is 9.47 Å². The van der Waals surface area contributed by atoms with Gasteiger partial charge in [-0.05, 0) is 51.0 Å². The number of nitrogens with one attached hydrogen (secondary N) is 1. The molecule has 0 aliphatic carbocycles. The van der Waals surface area contributed by atoms with Gasteiger partial charge in [0.2, 0.25) is 0 Å². The monoisotopic (exact) mass is 249 g/mol. The molecule has 0 aromatic heterocycles. The number of rotatable bonds is 2. The summed E-state index contributed by atoms with van der Waals surface area (Å²) < 4.78 is 11.4. The van der Waals surface area contributed by atoms with E-state index in [0.717, 1.165) is 17.9 Å². The van der Waals surface area contributed by atoms with Crippen molar-refractivity contribution in [2.45, 2.75) is 38.8 Å². The quantitative estimate of drug-likeness (QED) is 0.874. The van der Waals surface area contributed by atoms with Gasteiger partial charge in [-0.2, -0.15) is 0 Å². The summed E-state index contributed by atoms with van der Waals surface area (Å²) >= 11 is 0. The van der Waals surface area contributed by atoms with E-state index < -0.39 is 0 Å². The van der Waals surface area contributed by atoms with Gasteiger partial charge in [0.05, 0.1) is 13.7 Å². The van der Waals surface area contributed by atoms with Crippen LogP contribution in [0.4, 0.5) is 0 Å². The van der Waals surface area contributed by atoms with Crippen LogP contribution in [0.3, 0.4) is 0 Å². The molecule has 0 bridgehead atoms. The molecular weight excluding hydrogens is 226 g/mol. The molecule has 1 aliphatic heterocycles. The summed E-state index contributed by atoms with van der Waals surface area (Å²) in [4.78, 5) is 0. The first-order valence-electron chi connectivity index (χ1n) is 6.40. The van der Waals surface area contributed by atoms with Crippen molar-refractivity contribution in [3.8, 4) is 5.75 Å². The van der Waals surface area contributed by atoms with Crippen LogP contribution in [0.15, 0.2) is 18.2 Å². The fourth-order valence-electron chi connectivity index (χ4n) is 2.24. The molecule has 1 N–H and O–H groups in total. The lowest BCUT2D eigenvalue weighted by Gasteiger charge is -2.43. The summed E-state index contributed by atoms with van der Waals surface area (Å²) in [6.07, 6.45) is 0. The number of hydrogen-bond acceptors (Lipinski definition) is 3. The minimum atomic E-state index is -0.257. The van der Waals surface area contributed by atoms with Crippen LogP contribution in [-0.2, 0) is 10.3 Å². The molecule has 0 amide bonds. The highest BCUT2D eigenvalue weighted by molar-refractivity contribution is 5.38. The van der Waals surface area contributed by atoms with E-state index in [1.54, 1.807) is 7.11 Å². The first-order valence-corrected chi connectivity index (χ1v) is 6.40. The van der Waals surface area contributed by atoms with Crippen molar-refractivity contribution in [1.82, 2.24) is 5.32 Å². The lowest BCUT2D eigenvalue weighted by Crippen LogP contribution is -2.56. The normalized spacial score (nSPS) is 26.9. The average molecular weight is 249 g/mol. The number of methoxy groups -OCH3 is 1. The number of ether oxygens (including phenoxy) is 2. The Morgan fingerprint density at radius 1 is 1.28 bits per heavy atom. The zero-order chi connectivity index (χ0) is 13.4. The number of benzene rings is 1. The van der Waals surface area contributed by atoms with Gasteiger partial charge in [-0.25, -0.2) is 0 Å². The van der Waals surface area contributed by atoms with E-state index in [1.165, 1.54) is 5.56 Å². The minimum absolute atomic E-state index is 0.0566. The molecule has 3 heteroatoms. The van der Waals surface area contributed by atoms with Gasteiger partial charge < -0.3 is 14.8 Å². The standard InChI is InChI=1S/C15H23NO2/c1-11-8-12(6-7-13(11)17-5)15(4)9-16-14(2,3)10-18-15/h6-8,16H,9-10H2,1-5H3. The summed E-state index contributed by atoms with van der Waals surface area (Å²) in [5.41, 5.74) is 2.14. The van der Waals surface area contributed by atoms with Crippen LogP contribution in [0.1, 0.15) is 31.9 Å². The number of hydrogen-bond donors (Lipinski definition) is 1. The fraction of sp³-hybridized carbons (Fsp3) is 0.600. The molecule has 1 atom stereocenters. The molecular formula is C15H23NO2. The number of morpholine rings is 1. The van der Waals surface area contributed by atoms with Crippen molar-refractivity contribution in [2.75, 3.05) is 20.3 Å². The van der Waals surface area contributed by atoms with E-state index in [0.29, 0.717) is 6.61 Å². The summed E-state index contributed by atoms with van der Waals surface area (Å²) in [7, 11) is 1.70. The van der Waals surface area contributed by atoms with Gasteiger partial charge in [0.25, 0.3) is 0 Å². The molecule has 100 valence electrons. The molecule has 2 rings (SSSR count). The first-order chi connectivity index (χ1) is 8.36. The molecule has 1 fully saturated rings. The van der Waals surface area contributed by atoms with Crippen LogP contribution in [0.5, 0.6) is 5.75 Å². The largest absolute Gasteiger partial charge is 0.496 e.